The van der Waals surface area contributed by atoms with E-state index < -0.39 is 0 Å². The van der Waals surface area contributed by atoms with E-state index in [0.29, 0.717) is 5.92 Å². The van der Waals surface area contributed by atoms with Gasteiger partial charge in [0.1, 0.15) is 12.1 Å². The Morgan fingerprint density at radius 3 is 2.82 bits per heavy atom. The number of nitrogens with zero attached hydrogens (tertiary/aromatic N) is 3. The molecule has 0 radical (unpaired) electrons. The lowest BCUT2D eigenvalue weighted by molar-refractivity contribution is -0.122. The summed E-state index contributed by atoms with van der Waals surface area (Å²) in [5, 5.41) is 4.02. The highest BCUT2D eigenvalue weighted by atomic mass is 16.2. The van der Waals surface area contributed by atoms with E-state index in [0.717, 1.165) is 36.4 Å². The third-order valence-electron chi connectivity index (χ3n) is 4.39. The average molecular weight is 298 g/mol. The molecule has 116 valence electrons. The summed E-state index contributed by atoms with van der Waals surface area (Å²) in [6, 6.07) is 6.21. The predicted octanol–water partition coefficient (Wildman–Crippen LogP) is 2.15. The lowest BCUT2D eigenvalue weighted by atomic mass is 10.0. The van der Waals surface area contributed by atoms with Gasteiger partial charge in [0.05, 0.1) is 11.4 Å². The molecule has 0 spiro atoms. The lowest BCUT2D eigenvalue weighted by Crippen LogP contribution is -2.29. The average Bonchev–Trinajstić information content (AvgIpc) is 3.11. The van der Waals surface area contributed by atoms with E-state index >= 15 is 0 Å². The fourth-order valence-electron chi connectivity index (χ4n) is 3.32. The van der Waals surface area contributed by atoms with Crippen molar-refractivity contribution in [3.05, 3.63) is 30.1 Å². The monoisotopic (exact) mass is 298 g/mol. The Kier molecular flexibility index (Phi) is 3.96. The molecule has 0 bridgehead atoms. The molecule has 2 fully saturated rings. The number of carbonyl (C=O) groups excluding carboxylic acids is 1. The van der Waals surface area contributed by atoms with E-state index in [1.165, 1.54) is 5.56 Å². The smallest absolute Gasteiger partial charge is 0.225 e. The first-order valence-electron chi connectivity index (χ1n) is 7.96. The van der Waals surface area contributed by atoms with Gasteiger partial charge >= 0.3 is 0 Å². The molecule has 1 amide bonds. The van der Waals surface area contributed by atoms with Crippen LogP contribution in [0.15, 0.2) is 24.5 Å². The second-order valence-corrected chi connectivity index (χ2v) is 5.73. The summed E-state index contributed by atoms with van der Waals surface area (Å²) < 4.78 is 0. The topological polar surface area (TPSA) is 58.1 Å². The van der Waals surface area contributed by atoms with Gasteiger partial charge in [-0.1, -0.05) is 25.5 Å². The van der Waals surface area contributed by atoms with Crippen molar-refractivity contribution in [2.24, 2.45) is 11.8 Å². The van der Waals surface area contributed by atoms with E-state index in [2.05, 4.69) is 39.2 Å². The Balaban J connectivity index is 0.000000693. The van der Waals surface area contributed by atoms with E-state index in [1.54, 1.807) is 6.33 Å². The summed E-state index contributed by atoms with van der Waals surface area (Å²) >= 11 is 0. The maximum Gasteiger partial charge on any atom is 0.225 e. The molecule has 2 atom stereocenters. The molecular formula is C17H22N4O. The third kappa shape index (κ3) is 2.40. The highest BCUT2D eigenvalue weighted by molar-refractivity contribution is 5.91. The van der Waals surface area contributed by atoms with Crippen LogP contribution in [-0.4, -0.2) is 35.5 Å². The first-order valence-corrected chi connectivity index (χ1v) is 7.96. The number of amides is 1. The molecule has 2 saturated heterocycles. The van der Waals surface area contributed by atoms with Crippen LogP contribution in [0.1, 0.15) is 19.4 Å². The minimum Gasteiger partial charge on any atom is -0.355 e. The molecule has 5 nitrogen and oxygen atoms in total. The van der Waals surface area contributed by atoms with E-state index in [1.807, 2.05) is 19.9 Å². The Bertz CT molecular complexity index is 700. The van der Waals surface area contributed by atoms with Crippen LogP contribution in [0.4, 0.5) is 5.82 Å². The predicted molar refractivity (Wildman–Crippen MR) is 87.8 cm³/mol. The molecule has 4 rings (SSSR count). The first kappa shape index (κ1) is 14.8. The molecule has 0 aliphatic carbocycles. The maximum atomic E-state index is 11.8. The zero-order valence-electron chi connectivity index (χ0n) is 13.3. The molecule has 5 heteroatoms. The number of anilines is 1. The Morgan fingerprint density at radius 2 is 2.05 bits per heavy atom. The first-order chi connectivity index (χ1) is 10.7. The van der Waals surface area contributed by atoms with Crippen LogP contribution in [0.2, 0.25) is 0 Å². The van der Waals surface area contributed by atoms with Gasteiger partial charge in [-0.15, -0.1) is 0 Å². The standard InChI is InChI=1S/C15H16N4O.C2H6/c1-9-2-3-13-11(4-9)14(18-8-17-13)19-6-10-5-16-15(20)12(10)7-19;1-2/h2-4,8,10,12H,5-7H2,1H3,(H,16,20);1-2H3/t10-,12?;/m0./s1. The maximum absolute atomic E-state index is 11.8. The van der Waals surface area contributed by atoms with E-state index in [-0.39, 0.29) is 11.8 Å². The molecule has 0 saturated carbocycles. The molecular weight excluding hydrogens is 276 g/mol. The molecule has 1 aromatic carbocycles. The van der Waals surface area contributed by atoms with Crippen molar-refractivity contribution >= 4 is 22.6 Å². The SMILES string of the molecule is CC.Cc1ccc2ncnc(N3CC4C(=O)NC[C@H]4C3)c2c1. The molecule has 1 N–H and O–H groups in total. The summed E-state index contributed by atoms with van der Waals surface area (Å²) in [6.45, 7) is 8.52. The highest BCUT2D eigenvalue weighted by Gasteiger charge is 2.42. The van der Waals surface area contributed by atoms with Crippen molar-refractivity contribution in [1.82, 2.24) is 15.3 Å². The van der Waals surface area contributed by atoms with Gasteiger partial charge in [0.25, 0.3) is 0 Å². The van der Waals surface area contributed by atoms with Crippen molar-refractivity contribution in [1.29, 1.82) is 0 Å². The minimum atomic E-state index is 0.116. The molecule has 2 aliphatic heterocycles. The molecule has 22 heavy (non-hydrogen) atoms. The fourth-order valence-corrected chi connectivity index (χ4v) is 3.32. The summed E-state index contributed by atoms with van der Waals surface area (Å²) in [4.78, 5) is 22.8. The van der Waals surface area contributed by atoms with Crippen molar-refractivity contribution < 1.29 is 4.79 Å². The normalized spacial score (nSPS) is 23.0. The molecule has 2 aliphatic rings. The van der Waals surface area contributed by atoms with Crippen molar-refractivity contribution in [3.8, 4) is 0 Å². The number of aryl methyl sites for hydroxylation is 1. The van der Waals surface area contributed by atoms with Crippen LogP contribution in [-0.2, 0) is 4.79 Å². The second kappa shape index (κ2) is 5.91. The minimum absolute atomic E-state index is 0.116. The van der Waals surface area contributed by atoms with Gasteiger partial charge in [-0.3, -0.25) is 4.79 Å². The van der Waals surface area contributed by atoms with Crippen LogP contribution in [0.3, 0.4) is 0 Å². The Morgan fingerprint density at radius 1 is 1.23 bits per heavy atom. The molecule has 3 heterocycles. The summed E-state index contributed by atoms with van der Waals surface area (Å²) in [6.07, 6.45) is 1.61. The van der Waals surface area contributed by atoms with Gasteiger partial charge in [0.15, 0.2) is 0 Å². The number of hydrogen-bond donors (Lipinski definition) is 1. The van der Waals surface area contributed by atoms with Crippen LogP contribution < -0.4 is 10.2 Å². The van der Waals surface area contributed by atoms with Crippen molar-refractivity contribution in [2.45, 2.75) is 20.8 Å². The van der Waals surface area contributed by atoms with Gasteiger partial charge in [0.2, 0.25) is 5.91 Å². The van der Waals surface area contributed by atoms with E-state index in [4.69, 9.17) is 0 Å². The number of fused-ring (bicyclic) bond motifs is 2. The van der Waals surface area contributed by atoms with Crippen molar-refractivity contribution in [2.75, 3.05) is 24.5 Å². The third-order valence-corrected chi connectivity index (χ3v) is 4.39. The quantitative estimate of drug-likeness (QED) is 0.876. The highest BCUT2D eigenvalue weighted by Crippen LogP contribution is 2.33. The van der Waals surface area contributed by atoms with Crippen LogP contribution >= 0.6 is 0 Å². The van der Waals surface area contributed by atoms with Gasteiger partial charge in [-0.25, -0.2) is 9.97 Å². The number of rotatable bonds is 1. The fraction of sp³-hybridized carbons (Fsp3) is 0.471. The number of nitrogens with one attached hydrogen (secondary N) is 1. The Labute approximate surface area is 130 Å². The summed E-state index contributed by atoms with van der Waals surface area (Å²) in [5.74, 6) is 1.68. The van der Waals surface area contributed by atoms with Crippen LogP contribution in [0.25, 0.3) is 10.9 Å². The van der Waals surface area contributed by atoms with Gasteiger partial charge in [-0.05, 0) is 19.1 Å². The van der Waals surface area contributed by atoms with Crippen molar-refractivity contribution in [3.63, 3.8) is 0 Å². The second-order valence-electron chi connectivity index (χ2n) is 5.73. The van der Waals surface area contributed by atoms with E-state index in [9.17, 15) is 4.79 Å². The number of carbonyl (C=O) groups is 1. The molecule has 2 aromatic rings. The number of hydrogen-bond acceptors (Lipinski definition) is 4. The number of benzene rings is 1. The van der Waals surface area contributed by atoms with Gasteiger partial charge < -0.3 is 10.2 Å². The van der Waals surface area contributed by atoms with Crippen LogP contribution in [0.5, 0.6) is 0 Å². The number of aromatic nitrogens is 2. The molecule has 1 unspecified atom stereocenters. The van der Waals surface area contributed by atoms with Gasteiger partial charge in [-0.2, -0.15) is 0 Å². The molecule has 1 aromatic heterocycles. The zero-order valence-corrected chi connectivity index (χ0v) is 13.3. The van der Waals surface area contributed by atoms with Crippen LogP contribution in [0, 0.1) is 18.8 Å². The lowest BCUT2D eigenvalue weighted by Gasteiger charge is -2.20. The zero-order chi connectivity index (χ0) is 15.7. The van der Waals surface area contributed by atoms with Gasteiger partial charge in [0, 0.05) is 30.9 Å². The largest absolute Gasteiger partial charge is 0.355 e. The Hall–Kier alpha value is -2.17. The summed E-state index contributed by atoms with van der Waals surface area (Å²) in [7, 11) is 0. The summed E-state index contributed by atoms with van der Waals surface area (Å²) in [5.41, 5.74) is 2.16.